The van der Waals surface area contributed by atoms with E-state index in [0.717, 1.165) is 5.54 Å². The monoisotopic (exact) mass is 496 g/mol. The molecule has 0 N–H and O–H groups in total. The first kappa shape index (κ1) is 25.5. The van der Waals surface area contributed by atoms with E-state index in [4.69, 9.17) is 23.2 Å². The maximum atomic E-state index is 14.2. The molecule has 1 saturated carbocycles. The molecule has 2 nitrogen and oxygen atoms in total. The smallest absolute Gasteiger partial charge is 0.442 e. The van der Waals surface area contributed by atoms with E-state index in [-0.39, 0.29) is 11.1 Å². The lowest BCUT2D eigenvalue weighted by Crippen LogP contribution is -2.15. The van der Waals surface area contributed by atoms with Gasteiger partial charge in [0.05, 0.1) is 11.5 Å². The minimum Gasteiger partial charge on any atom is -0.460 e. The van der Waals surface area contributed by atoms with Crippen LogP contribution in [0.4, 0.5) is 35.1 Å². The van der Waals surface area contributed by atoms with Crippen molar-refractivity contribution in [1.29, 1.82) is 0 Å². The zero-order valence-corrected chi connectivity index (χ0v) is 17.3. The molecule has 1 aromatic carbocycles. The third-order valence-corrected chi connectivity index (χ3v) is 5.65. The summed E-state index contributed by atoms with van der Waals surface area (Å²) in [5.74, 6) is -13.3. The minimum absolute atomic E-state index is 0.218. The Labute approximate surface area is 181 Å². The number of esters is 1. The molecule has 0 radical (unpaired) electrons. The number of alkyl halides is 3. The SMILES string of the molecule is CC1(C)[C@@H](C=C(F)C(F)(F)F)[C@@H]1C(=O)OCc1c(F)c(F)c(CC(Cl)=CCl)c(F)c1F. The van der Waals surface area contributed by atoms with Crippen molar-refractivity contribution in [3.05, 3.63) is 56.9 Å². The molecule has 2 rings (SSSR count). The van der Waals surface area contributed by atoms with Crippen molar-refractivity contribution < 1.29 is 44.7 Å². The summed E-state index contributed by atoms with van der Waals surface area (Å²) in [5.41, 5.74) is -2.68. The van der Waals surface area contributed by atoms with Crippen LogP contribution in [0.25, 0.3) is 0 Å². The number of rotatable bonds is 6. The molecule has 0 amide bonds. The van der Waals surface area contributed by atoms with E-state index in [1.54, 1.807) is 0 Å². The number of hydrogen-bond acceptors (Lipinski definition) is 2. The van der Waals surface area contributed by atoms with Crippen molar-refractivity contribution >= 4 is 29.2 Å². The van der Waals surface area contributed by atoms with Crippen LogP contribution in [0.3, 0.4) is 0 Å². The summed E-state index contributed by atoms with van der Waals surface area (Å²) >= 11 is 10.8. The fraction of sp³-hybridized carbons (Fsp3) is 0.421. The van der Waals surface area contributed by atoms with Gasteiger partial charge in [0, 0.05) is 22.6 Å². The zero-order valence-electron chi connectivity index (χ0n) is 15.8. The summed E-state index contributed by atoms with van der Waals surface area (Å²) < 4.78 is 112. The molecule has 1 aliphatic rings. The summed E-state index contributed by atoms with van der Waals surface area (Å²) in [6, 6.07) is 0. The molecule has 0 heterocycles. The predicted molar refractivity (Wildman–Crippen MR) is 95.6 cm³/mol. The second-order valence-electron chi connectivity index (χ2n) is 7.39. The van der Waals surface area contributed by atoms with Crippen LogP contribution in [0.1, 0.15) is 25.0 Å². The molecule has 31 heavy (non-hydrogen) atoms. The topological polar surface area (TPSA) is 26.3 Å². The molecule has 2 atom stereocenters. The Kier molecular flexibility index (Phi) is 7.37. The highest BCUT2D eigenvalue weighted by molar-refractivity contribution is 6.36. The first-order valence-electron chi connectivity index (χ1n) is 8.54. The average molecular weight is 497 g/mol. The second-order valence-corrected chi connectivity index (χ2v) is 8.09. The molecule has 0 aromatic heterocycles. The van der Waals surface area contributed by atoms with E-state index < -0.39 is 82.6 Å². The van der Waals surface area contributed by atoms with Crippen molar-refractivity contribution in [1.82, 2.24) is 0 Å². The van der Waals surface area contributed by atoms with Gasteiger partial charge in [0.15, 0.2) is 29.1 Å². The van der Waals surface area contributed by atoms with Gasteiger partial charge in [0.25, 0.3) is 0 Å². The summed E-state index contributed by atoms with van der Waals surface area (Å²) in [5, 5.41) is -0.307. The van der Waals surface area contributed by atoms with Gasteiger partial charge in [-0.3, -0.25) is 4.79 Å². The normalized spacial score (nSPS) is 21.3. The van der Waals surface area contributed by atoms with Crippen molar-refractivity contribution in [2.45, 2.75) is 33.1 Å². The Bertz CT molecular complexity index is 924. The third kappa shape index (κ3) is 5.16. The Hall–Kier alpha value is -1.81. The highest BCUT2D eigenvalue weighted by atomic mass is 35.5. The number of carbonyl (C=O) groups excluding carboxylic acids is 1. The van der Waals surface area contributed by atoms with Gasteiger partial charge in [-0.2, -0.15) is 13.2 Å². The molecule has 0 bridgehead atoms. The molecule has 1 fully saturated rings. The molecule has 0 spiro atoms. The highest BCUT2D eigenvalue weighted by Gasteiger charge is 2.62. The fourth-order valence-electron chi connectivity index (χ4n) is 3.14. The number of halogens is 10. The Balaban J connectivity index is 2.21. The molecule has 172 valence electrons. The average Bonchev–Trinajstić information content (AvgIpc) is 3.22. The first-order chi connectivity index (χ1) is 14.1. The molecule has 12 heteroatoms. The fourth-order valence-corrected chi connectivity index (χ4v) is 3.35. The van der Waals surface area contributed by atoms with Gasteiger partial charge in [-0.1, -0.05) is 37.0 Å². The first-order valence-corrected chi connectivity index (χ1v) is 9.35. The molecule has 0 unspecified atom stereocenters. The lowest BCUT2D eigenvalue weighted by Gasteiger charge is -2.12. The van der Waals surface area contributed by atoms with Crippen LogP contribution in [-0.4, -0.2) is 12.1 Å². The number of carbonyl (C=O) groups is 1. The third-order valence-electron chi connectivity index (χ3n) is 5.03. The van der Waals surface area contributed by atoms with Crippen molar-refractivity contribution in [3.63, 3.8) is 0 Å². The number of hydrogen-bond donors (Lipinski definition) is 0. The van der Waals surface area contributed by atoms with Gasteiger partial charge in [0.1, 0.15) is 6.61 Å². The van der Waals surface area contributed by atoms with E-state index in [2.05, 4.69) is 4.74 Å². The summed E-state index contributed by atoms with van der Waals surface area (Å²) in [4.78, 5) is 12.2. The Morgan fingerprint density at radius 3 is 2.00 bits per heavy atom. The maximum Gasteiger partial charge on any atom is 0.442 e. The van der Waals surface area contributed by atoms with Crippen LogP contribution in [0.2, 0.25) is 0 Å². The van der Waals surface area contributed by atoms with Crippen molar-refractivity contribution in [3.8, 4) is 0 Å². The van der Waals surface area contributed by atoms with Crippen LogP contribution in [0.5, 0.6) is 0 Å². The second kappa shape index (κ2) is 8.97. The molecular formula is C19H14Cl2F8O2. The lowest BCUT2D eigenvalue weighted by atomic mass is 10.1. The van der Waals surface area contributed by atoms with Crippen LogP contribution in [-0.2, 0) is 22.6 Å². The van der Waals surface area contributed by atoms with E-state index in [9.17, 15) is 39.9 Å². The molecular weight excluding hydrogens is 483 g/mol. The summed E-state index contributed by atoms with van der Waals surface area (Å²) in [6.07, 6.45) is -5.77. The van der Waals surface area contributed by atoms with Gasteiger partial charge in [-0.25, -0.2) is 22.0 Å². The molecule has 1 aromatic rings. The van der Waals surface area contributed by atoms with Gasteiger partial charge < -0.3 is 4.74 Å². The van der Waals surface area contributed by atoms with E-state index in [0.29, 0.717) is 0 Å². The standard InChI is InChI=1S/C19H14Cl2F8O2/c1-18(2)10(4-11(22)19(27,28)29)12(18)17(30)31-6-9-15(25)13(23)8(3-7(21)5-20)14(24)16(9)26/h4-5,10,12H,3,6H2,1-2H3/t10-,12+/m0/s1. The van der Waals surface area contributed by atoms with Gasteiger partial charge in [0.2, 0.25) is 0 Å². The van der Waals surface area contributed by atoms with E-state index >= 15 is 0 Å². The Morgan fingerprint density at radius 2 is 1.55 bits per heavy atom. The van der Waals surface area contributed by atoms with Crippen LogP contribution < -0.4 is 0 Å². The largest absolute Gasteiger partial charge is 0.460 e. The molecule has 0 saturated heterocycles. The van der Waals surface area contributed by atoms with Crippen molar-refractivity contribution in [2.24, 2.45) is 17.3 Å². The number of benzene rings is 1. The van der Waals surface area contributed by atoms with E-state index in [1.165, 1.54) is 13.8 Å². The van der Waals surface area contributed by atoms with Crippen LogP contribution >= 0.6 is 23.2 Å². The highest BCUT2D eigenvalue weighted by Crippen LogP contribution is 2.60. The Morgan fingerprint density at radius 1 is 1.06 bits per heavy atom. The van der Waals surface area contributed by atoms with Crippen LogP contribution in [0.15, 0.2) is 22.5 Å². The minimum atomic E-state index is -5.24. The lowest BCUT2D eigenvalue weighted by molar-refractivity contribution is -0.147. The summed E-state index contributed by atoms with van der Waals surface area (Å²) in [6.45, 7) is 1.47. The van der Waals surface area contributed by atoms with Crippen LogP contribution in [0, 0.1) is 40.5 Å². The van der Waals surface area contributed by atoms with Crippen molar-refractivity contribution in [2.75, 3.05) is 0 Å². The number of allylic oxidation sites excluding steroid dienone is 3. The predicted octanol–water partition coefficient (Wildman–Crippen LogP) is 6.84. The van der Waals surface area contributed by atoms with Gasteiger partial charge in [-0.05, 0) is 17.4 Å². The van der Waals surface area contributed by atoms with E-state index in [1.807, 2.05) is 0 Å². The number of ether oxygens (including phenoxy) is 1. The zero-order chi connectivity index (χ0) is 23.9. The molecule has 1 aliphatic carbocycles. The molecule has 0 aliphatic heterocycles. The summed E-state index contributed by atoms with van der Waals surface area (Å²) in [7, 11) is 0. The maximum absolute atomic E-state index is 14.2. The van der Waals surface area contributed by atoms with Gasteiger partial charge >= 0.3 is 12.1 Å². The quantitative estimate of drug-likeness (QED) is 0.245. The van der Waals surface area contributed by atoms with Gasteiger partial charge in [-0.15, -0.1) is 0 Å².